The molecule has 1 saturated heterocycles. The summed E-state index contributed by atoms with van der Waals surface area (Å²) >= 11 is 11.7. The molecule has 2 unspecified atom stereocenters. The predicted octanol–water partition coefficient (Wildman–Crippen LogP) is 4.58. The van der Waals surface area contributed by atoms with E-state index in [1.807, 2.05) is 5.32 Å². The highest BCUT2D eigenvalue weighted by atomic mass is 35.5. The van der Waals surface area contributed by atoms with Crippen molar-refractivity contribution in [1.82, 2.24) is 10.3 Å². The normalized spacial score (nSPS) is 19.4. The molecule has 11 heteroatoms. The highest BCUT2D eigenvalue weighted by molar-refractivity contribution is 6.35. The Morgan fingerprint density at radius 3 is 2.48 bits per heavy atom. The SMILES string of the molecule is O=C(Nc1ccc(Oc2ncc(Cl)cc2Cl)cc1)C1CCC(C(F)(F)F)NC1=O. The van der Waals surface area contributed by atoms with Gasteiger partial charge in [-0.25, -0.2) is 4.98 Å². The zero-order valence-corrected chi connectivity index (χ0v) is 16.1. The molecular weight excluding hydrogens is 434 g/mol. The number of halogens is 5. The summed E-state index contributed by atoms with van der Waals surface area (Å²) in [5, 5.41) is 4.93. The van der Waals surface area contributed by atoms with Crippen molar-refractivity contribution in [2.75, 3.05) is 5.32 Å². The van der Waals surface area contributed by atoms with Crippen molar-refractivity contribution in [1.29, 1.82) is 0 Å². The summed E-state index contributed by atoms with van der Waals surface area (Å²) in [6.45, 7) is 0. The smallest absolute Gasteiger partial charge is 0.408 e. The van der Waals surface area contributed by atoms with Gasteiger partial charge in [-0.05, 0) is 43.2 Å². The Hall–Kier alpha value is -2.52. The molecule has 0 aliphatic carbocycles. The molecule has 0 radical (unpaired) electrons. The van der Waals surface area contributed by atoms with Crippen LogP contribution < -0.4 is 15.4 Å². The summed E-state index contributed by atoms with van der Waals surface area (Å²) in [4.78, 5) is 28.1. The monoisotopic (exact) mass is 447 g/mol. The van der Waals surface area contributed by atoms with E-state index < -0.39 is 30.0 Å². The number of benzene rings is 1. The van der Waals surface area contributed by atoms with Gasteiger partial charge in [-0.15, -0.1) is 0 Å². The molecule has 2 amide bonds. The number of alkyl halides is 3. The van der Waals surface area contributed by atoms with Gasteiger partial charge in [-0.1, -0.05) is 23.2 Å². The number of rotatable bonds is 4. The maximum Gasteiger partial charge on any atom is 0.408 e. The fourth-order valence-electron chi connectivity index (χ4n) is 2.73. The van der Waals surface area contributed by atoms with Gasteiger partial charge in [0.1, 0.15) is 22.7 Å². The fourth-order valence-corrected chi connectivity index (χ4v) is 3.15. The number of carbonyl (C=O) groups is 2. The minimum atomic E-state index is -4.53. The standard InChI is InChI=1S/C18H14Cl2F3N3O3/c19-9-7-13(20)17(24-8-9)29-11-3-1-10(2-4-11)25-15(27)12-5-6-14(18(21,22)23)26-16(12)28/h1-4,7-8,12,14H,5-6H2,(H,25,27)(H,26,28). The first-order valence-electron chi connectivity index (χ1n) is 8.40. The molecule has 1 aliphatic rings. The third-order valence-corrected chi connectivity index (χ3v) is 4.68. The van der Waals surface area contributed by atoms with E-state index in [0.29, 0.717) is 16.5 Å². The molecule has 2 atom stereocenters. The first-order valence-corrected chi connectivity index (χ1v) is 9.16. The summed E-state index contributed by atoms with van der Waals surface area (Å²) in [7, 11) is 0. The van der Waals surface area contributed by atoms with Crippen LogP contribution in [-0.4, -0.2) is 29.0 Å². The van der Waals surface area contributed by atoms with E-state index in [9.17, 15) is 22.8 Å². The quantitative estimate of drug-likeness (QED) is 0.672. The number of hydrogen-bond acceptors (Lipinski definition) is 4. The van der Waals surface area contributed by atoms with Crippen molar-refractivity contribution < 1.29 is 27.5 Å². The molecule has 2 heterocycles. The van der Waals surface area contributed by atoms with E-state index in [2.05, 4.69) is 10.3 Å². The van der Waals surface area contributed by atoms with Crippen LogP contribution in [0.4, 0.5) is 18.9 Å². The molecule has 2 N–H and O–H groups in total. The number of nitrogens with one attached hydrogen (secondary N) is 2. The van der Waals surface area contributed by atoms with Crippen LogP contribution >= 0.6 is 23.2 Å². The van der Waals surface area contributed by atoms with Gasteiger partial charge in [-0.3, -0.25) is 9.59 Å². The van der Waals surface area contributed by atoms with Gasteiger partial charge in [0.25, 0.3) is 0 Å². The molecule has 154 valence electrons. The Morgan fingerprint density at radius 1 is 1.21 bits per heavy atom. The summed E-state index contributed by atoms with van der Waals surface area (Å²) < 4.78 is 43.6. The van der Waals surface area contributed by atoms with Crippen LogP contribution in [0, 0.1) is 5.92 Å². The number of amides is 2. The topological polar surface area (TPSA) is 80.3 Å². The number of hydrogen-bond donors (Lipinski definition) is 2. The third kappa shape index (κ3) is 5.30. The molecule has 6 nitrogen and oxygen atoms in total. The minimum absolute atomic E-state index is 0.144. The number of piperidine rings is 1. The molecule has 2 aromatic rings. The minimum Gasteiger partial charge on any atom is -0.438 e. The van der Waals surface area contributed by atoms with Crippen molar-refractivity contribution in [3.05, 3.63) is 46.6 Å². The van der Waals surface area contributed by atoms with Crippen LogP contribution in [0.1, 0.15) is 12.8 Å². The number of carbonyl (C=O) groups excluding carboxylic acids is 2. The van der Waals surface area contributed by atoms with Crippen molar-refractivity contribution >= 4 is 40.7 Å². The Labute approximate surface area is 173 Å². The van der Waals surface area contributed by atoms with Crippen LogP contribution in [-0.2, 0) is 9.59 Å². The van der Waals surface area contributed by atoms with E-state index in [4.69, 9.17) is 27.9 Å². The van der Waals surface area contributed by atoms with Crippen LogP contribution in [0.2, 0.25) is 10.0 Å². The number of pyridine rings is 1. The molecule has 1 aliphatic heterocycles. The lowest BCUT2D eigenvalue weighted by molar-refractivity contribution is -0.170. The molecular formula is C18H14Cl2F3N3O3. The number of aromatic nitrogens is 1. The van der Waals surface area contributed by atoms with Gasteiger partial charge in [0.2, 0.25) is 17.7 Å². The van der Waals surface area contributed by atoms with E-state index in [0.717, 1.165) is 0 Å². The second-order valence-electron chi connectivity index (χ2n) is 6.29. The lowest BCUT2D eigenvalue weighted by atomic mass is 9.92. The van der Waals surface area contributed by atoms with Gasteiger partial charge < -0.3 is 15.4 Å². The van der Waals surface area contributed by atoms with Gasteiger partial charge in [-0.2, -0.15) is 13.2 Å². The van der Waals surface area contributed by atoms with Crippen LogP contribution in [0.25, 0.3) is 0 Å². The van der Waals surface area contributed by atoms with Crippen molar-refractivity contribution in [2.24, 2.45) is 5.92 Å². The Balaban J connectivity index is 1.59. The number of anilines is 1. The highest BCUT2D eigenvalue weighted by Crippen LogP contribution is 2.31. The largest absolute Gasteiger partial charge is 0.438 e. The first kappa shape index (κ1) is 21.2. The van der Waals surface area contributed by atoms with Crippen molar-refractivity contribution in [2.45, 2.75) is 25.1 Å². The summed E-state index contributed by atoms with van der Waals surface area (Å²) in [5.74, 6) is -2.30. The maximum atomic E-state index is 12.7. The van der Waals surface area contributed by atoms with Crippen LogP contribution in [0.5, 0.6) is 11.6 Å². The Bertz CT molecular complexity index is 923. The zero-order valence-electron chi connectivity index (χ0n) is 14.6. The van der Waals surface area contributed by atoms with Gasteiger partial charge in [0.05, 0.1) is 5.02 Å². The lowest BCUT2D eigenvalue weighted by Gasteiger charge is -2.29. The van der Waals surface area contributed by atoms with Gasteiger partial charge in [0, 0.05) is 11.9 Å². The zero-order chi connectivity index (χ0) is 21.2. The average Bonchev–Trinajstić information content (AvgIpc) is 2.64. The molecule has 0 spiro atoms. The first-order chi connectivity index (χ1) is 13.6. The van der Waals surface area contributed by atoms with Crippen LogP contribution in [0.3, 0.4) is 0 Å². The Morgan fingerprint density at radius 2 is 1.90 bits per heavy atom. The number of ether oxygens (including phenoxy) is 1. The summed E-state index contributed by atoms with van der Waals surface area (Å²) in [6, 6.07) is 5.63. The van der Waals surface area contributed by atoms with Crippen LogP contribution in [0.15, 0.2) is 36.5 Å². The molecule has 0 bridgehead atoms. The van der Waals surface area contributed by atoms with E-state index >= 15 is 0 Å². The van der Waals surface area contributed by atoms with E-state index in [1.165, 1.54) is 36.5 Å². The van der Waals surface area contributed by atoms with Gasteiger partial charge in [0.15, 0.2) is 0 Å². The van der Waals surface area contributed by atoms with E-state index in [1.54, 1.807) is 0 Å². The maximum absolute atomic E-state index is 12.7. The Kier molecular flexibility index (Phi) is 6.18. The van der Waals surface area contributed by atoms with E-state index in [-0.39, 0.29) is 23.7 Å². The fraction of sp³-hybridized carbons (Fsp3) is 0.278. The van der Waals surface area contributed by atoms with Crippen molar-refractivity contribution in [3.8, 4) is 11.6 Å². The lowest BCUT2D eigenvalue weighted by Crippen LogP contribution is -2.53. The highest BCUT2D eigenvalue weighted by Gasteiger charge is 2.45. The van der Waals surface area contributed by atoms with Gasteiger partial charge >= 0.3 is 6.18 Å². The molecule has 1 aromatic heterocycles. The average molecular weight is 448 g/mol. The molecule has 3 rings (SSSR count). The molecule has 29 heavy (non-hydrogen) atoms. The summed E-state index contributed by atoms with van der Waals surface area (Å²) in [6.07, 6.45) is -3.70. The predicted molar refractivity (Wildman–Crippen MR) is 100 cm³/mol. The third-order valence-electron chi connectivity index (χ3n) is 4.20. The molecule has 1 aromatic carbocycles. The molecule has 1 fully saturated rings. The van der Waals surface area contributed by atoms with Crippen molar-refractivity contribution in [3.63, 3.8) is 0 Å². The summed E-state index contributed by atoms with van der Waals surface area (Å²) in [5.41, 5.74) is 0.350. The second kappa shape index (κ2) is 8.46. The number of nitrogens with zero attached hydrogens (tertiary/aromatic N) is 1. The second-order valence-corrected chi connectivity index (χ2v) is 7.13. The molecule has 0 saturated carbocycles.